The molecule has 0 atom stereocenters. The van der Waals surface area contributed by atoms with Gasteiger partial charge in [-0.05, 0) is 12.1 Å². The van der Waals surface area contributed by atoms with E-state index in [0.29, 0.717) is 32.8 Å². The fourth-order valence-corrected chi connectivity index (χ4v) is 2.82. The zero-order chi connectivity index (χ0) is 19.7. The third-order valence-electron chi connectivity index (χ3n) is 4.25. The largest absolute Gasteiger partial charge is 0.418 e. The van der Waals surface area contributed by atoms with Gasteiger partial charge in [0.05, 0.1) is 37.1 Å². The number of nitrogens with one attached hydrogen (secondary N) is 1. The number of carbonyl (C=O) groups is 1. The molecular weight excluding hydrogens is 361 g/mol. The average Bonchev–Trinajstić information content (AvgIpc) is 2.64. The Kier molecular flexibility index (Phi) is 8.03. The molecule has 1 N–H and O–H groups in total. The number of ether oxygens (including phenoxy) is 1. The minimum Gasteiger partial charge on any atom is -0.379 e. The van der Waals surface area contributed by atoms with Gasteiger partial charge < -0.3 is 10.1 Å². The second kappa shape index (κ2) is 10.3. The Balaban J connectivity index is 1.94. The van der Waals surface area contributed by atoms with Crippen LogP contribution < -0.4 is 5.32 Å². The fourth-order valence-electron chi connectivity index (χ4n) is 2.82. The molecule has 0 spiro atoms. The molecule has 0 saturated carbocycles. The summed E-state index contributed by atoms with van der Waals surface area (Å²) in [6, 6.07) is 6.91. The van der Waals surface area contributed by atoms with E-state index in [1.54, 1.807) is 4.90 Å². The molecule has 1 amide bonds. The highest BCUT2D eigenvalue weighted by Crippen LogP contribution is 2.34. The van der Waals surface area contributed by atoms with Crippen LogP contribution in [0.4, 0.5) is 18.9 Å². The predicted octanol–water partition coefficient (Wildman–Crippen LogP) is 2.19. The average molecular weight is 384 g/mol. The van der Waals surface area contributed by atoms with E-state index < -0.39 is 17.6 Å². The summed E-state index contributed by atoms with van der Waals surface area (Å²) < 4.78 is 44.4. The first-order valence-corrected chi connectivity index (χ1v) is 8.75. The van der Waals surface area contributed by atoms with E-state index in [4.69, 9.17) is 10.00 Å². The van der Waals surface area contributed by atoms with Crippen molar-refractivity contribution < 1.29 is 22.7 Å². The van der Waals surface area contributed by atoms with Gasteiger partial charge in [-0.25, -0.2) is 0 Å². The van der Waals surface area contributed by atoms with Gasteiger partial charge >= 0.3 is 6.18 Å². The third kappa shape index (κ3) is 7.17. The van der Waals surface area contributed by atoms with Gasteiger partial charge in [-0.3, -0.25) is 14.6 Å². The number of halogens is 3. The van der Waals surface area contributed by atoms with E-state index in [-0.39, 0.29) is 18.7 Å². The highest BCUT2D eigenvalue weighted by atomic mass is 19.4. The number of alkyl halides is 3. The summed E-state index contributed by atoms with van der Waals surface area (Å²) in [5.74, 6) is -0.536. The van der Waals surface area contributed by atoms with Crippen molar-refractivity contribution in [2.75, 3.05) is 57.8 Å². The second-order valence-corrected chi connectivity index (χ2v) is 6.23. The smallest absolute Gasteiger partial charge is 0.379 e. The Morgan fingerprint density at radius 1 is 1.26 bits per heavy atom. The Morgan fingerprint density at radius 2 is 1.96 bits per heavy atom. The lowest BCUT2D eigenvalue weighted by molar-refractivity contribution is -0.137. The number of anilines is 1. The highest BCUT2D eigenvalue weighted by molar-refractivity contribution is 5.93. The molecule has 6 nitrogen and oxygen atoms in total. The van der Waals surface area contributed by atoms with Crippen LogP contribution in [0.3, 0.4) is 0 Å². The van der Waals surface area contributed by atoms with Crippen LogP contribution in [0.2, 0.25) is 0 Å². The molecule has 0 unspecified atom stereocenters. The van der Waals surface area contributed by atoms with Gasteiger partial charge in [-0.15, -0.1) is 0 Å². The summed E-state index contributed by atoms with van der Waals surface area (Å²) in [4.78, 5) is 16.3. The highest BCUT2D eigenvalue weighted by Gasteiger charge is 2.33. The lowest BCUT2D eigenvalue weighted by Crippen LogP contribution is -2.43. The molecule has 1 aromatic rings. The molecule has 27 heavy (non-hydrogen) atoms. The summed E-state index contributed by atoms with van der Waals surface area (Å²) in [6.45, 7) is 4.50. The molecule has 1 aliphatic rings. The van der Waals surface area contributed by atoms with E-state index in [2.05, 4.69) is 10.2 Å². The third-order valence-corrected chi connectivity index (χ3v) is 4.25. The van der Waals surface area contributed by atoms with Crippen molar-refractivity contribution in [1.82, 2.24) is 9.80 Å². The minimum atomic E-state index is -4.54. The number of nitrogens with zero attached hydrogens (tertiary/aromatic N) is 3. The first-order chi connectivity index (χ1) is 12.9. The van der Waals surface area contributed by atoms with Gasteiger partial charge in [0.15, 0.2) is 0 Å². The lowest BCUT2D eigenvalue weighted by atomic mass is 10.1. The summed E-state index contributed by atoms with van der Waals surface area (Å²) in [7, 11) is 0. The van der Waals surface area contributed by atoms with Crippen LogP contribution in [-0.2, 0) is 15.7 Å². The molecule has 2 rings (SSSR count). The molecule has 9 heteroatoms. The first kappa shape index (κ1) is 21.2. The number of hydrogen-bond donors (Lipinski definition) is 1. The number of nitriles is 1. The van der Waals surface area contributed by atoms with Crippen LogP contribution in [0.1, 0.15) is 12.0 Å². The Hall–Kier alpha value is -2.15. The van der Waals surface area contributed by atoms with E-state index in [1.807, 2.05) is 6.07 Å². The SMILES string of the molecule is N#CCCN(CCN1CCOCC1)CC(=O)Nc1ccccc1C(F)(F)F. The standard InChI is InChI=1S/C18H23F3N4O2/c19-18(20,21)15-4-1-2-5-16(15)23-17(26)14-25(7-3-6-22)9-8-24-10-12-27-13-11-24/h1-2,4-5H,3,7-14H2,(H,23,26). The van der Waals surface area contributed by atoms with Crippen LogP contribution in [0.15, 0.2) is 24.3 Å². The summed E-state index contributed by atoms with van der Waals surface area (Å²) >= 11 is 0. The van der Waals surface area contributed by atoms with Gasteiger partial charge in [-0.2, -0.15) is 18.4 Å². The number of hydrogen-bond acceptors (Lipinski definition) is 5. The van der Waals surface area contributed by atoms with Crippen LogP contribution in [0.5, 0.6) is 0 Å². The summed E-state index contributed by atoms with van der Waals surface area (Å²) in [6.07, 6.45) is -4.30. The van der Waals surface area contributed by atoms with Crippen molar-refractivity contribution in [2.24, 2.45) is 0 Å². The topological polar surface area (TPSA) is 68.6 Å². The molecule has 0 bridgehead atoms. The quantitative estimate of drug-likeness (QED) is 0.744. The lowest BCUT2D eigenvalue weighted by Gasteiger charge is -2.29. The zero-order valence-corrected chi connectivity index (χ0v) is 15.0. The normalized spacial score (nSPS) is 15.5. The minimum absolute atomic E-state index is 0.0712. The number of carbonyl (C=O) groups excluding carboxylic acids is 1. The maximum atomic E-state index is 13.0. The van der Waals surface area contributed by atoms with E-state index >= 15 is 0 Å². The molecule has 1 saturated heterocycles. The van der Waals surface area contributed by atoms with E-state index in [1.165, 1.54) is 18.2 Å². The molecule has 0 aromatic heterocycles. The van der Waals surface area contributed by atoms with Crippen molar-refractivity contribution in [2.45, 2.75) is 12.6 Å². The van der Waals surface area contributed by atoms with Crippen LogP contribution in [-0.4, -0.2) is 68.2 Å². The molecular formula is C18H23F3N4O2. The van der Waals surface area contributed by atoms with Crippen molar-refractivity contribution in [1.29, 1.82) is 5.26 Å². The Labute approximate surface area is 156 Å². The van der Waals surface area contributed by atoms with E-state index in [9.17, 15) is 18.0 Å². The second-order valence-electron chi connectivity index (χ2n) is 6.23. The summed E-state index contributed by atoms with van der Waals surface area (Å²) in [5.41, 5.74) is -1.14. The maximum absolute atomic E-state index is 13.0. The van der Waals surface area contributed by atoms with Crippen molar-refractivity contribution in [3.05, 3.63) is 29.8 Å². The molecule has 1 fully saturated rings. The number of amides is 1. The maximum Gasteiger partial charge on any atom is 0.418 e. The van der Waals surface area contributed by atoms with Gasteiger partial charge in [0.1, 0.15) is 0 Å². The Morgan fingerprint density at radius 3 is 2.63 bits per heavy atom. The zero-order valence-electron chi connectivity index (χ0n) is 15.0. The van der Waals surface area contributed by atoms with Gasteiger partial charge in [-0.1, -0.05) is 12.1 Å². The first-order valence-electron chi connectivity index (χ1n) is 8.75. The number of para-hydroxylation sites is 1. The van der Waals surface area contributed by atoms with Crippen molar-refractivity contribution in [3.63, 3.8) is 0 Å². The summed E-state index contributed by atoms with van der Waals surface area (Å²) in [5, 5.41) is 11.1. The molecule has 0 radical (unpaired) electrons. The predicted molar refractivity (Wildman–Crippen MR) is 94.0 cm³/mol. The number of benzene rings is 1. The van der Waals surface area contributed by atoms with Gasteiger partial charge in [0, 0.05) is 39.1 Å². The Bertz CT molecular complexity index is 655. The molecule has 148 valence electrons. The van der Waals surface area contributed by atoms with Gasteiger partial charge in [0.25, 0.3) is 0 Å². The van der Waals surface area contributed by atoms with Crippen molar-refractivity contribution >= 4 is 11.6 Å². The van der Waals surface area contributed by atoms with E-state index in [0.717, 1.165) is 19.2 Å². The van der Waals surface area contributed by atoms with Crippen LogP contribution in [0, 0.1) is 11.3 Å². The number of morpholine rings is 1. The van der Waals surface area contributed by atoms with Gasteiger partial charge in [0.2, 0.25) is 5.91 Å². The number of rotatable bonds is 8. The molecule has 1 aromatic carbocycles. The molecule has 1 aliphatic heterocycles. The fraction of sp³-hybridized carbons (Fsp3) is 0.556. The molecule has 0 aliphatic carbocycles. The molecule has 1 heterocycles. The van der Waals surface area contributed by atoms with Crippen molar-refractivity contribution in [3.8, 4) is 6.07 Å². The van der Waals surface area contributed by atoms with Crippen LogP contribution in [0.25, 0.3) is 0 Å². The monoisotopic (exact) mass is 384 g/mol. The van der Waals surface area contributed by atoms with Crippen LogP contribution >= 0.6 is 0 Å².